The maximum atomic E-state index is 10.9. The lowest BCUT2D eigenvalue weighted by atomic mass is 10.0. The molecule has 17 heavy (non-hydrogen) atoms. The maximum Gasteiger partial charge on any atom is 0.325 e. The lowest BCUT2D eigenvalue weighted by molar-refractivity contribution is -0.138. The summed E-state index contributed by atoms with van der Waals surface area (Å²) in [5.41, 5.74) is 6.77. The summed E-state index contributed by atoms with van der Waals surface area (Å²) in [5.74, 6) is -0.470. The second-order valence-electron chi connectivity index (χ2n) is 3.57. The van der Waals surface area contributed by atoms with E-state index in [0.717, 1.165) is 0 Å². The highest BCUT2D eigenvalue weighted by Crippen LogP contribution is 2.29. The van der Waals surface area contributed by atoms with Crippen LogP contribution >= 0.6 is 0 Å². The third-order valence-corrected chi connectivity index (χ3v) is 2.59. The number of fused-ring (bicyclic) bond motifs is 1. The number of rotatable bonds is 3. The van der Waals surface area contributed by atoms with Gasteiger partial charge < -0.3 is 15.6 Å². The van der Waals surface area contributed by atoms with E-state index >= 15 is 0 Å². The first-order valence-corrected chi connectivity index (χ1v) is 5.05. The van der Waals surface area contributed by atoms with E-state index in [1.54, 1.807) is 37.6 Å². The minimum Gasteiger partial charge on any atom is -0.494 e. The molecule has 0 saturated carbocycles. The topological polar surface area (TPSA) is 85.4 Å². The van der Waals surface area contributed by atoms with Crippen LogP contribution < -0.4 is 10.5 Å². The number of hydrogen-bond acceptors (Lipinski definition) is 4. The highest BCUT2D eigenvalue weighted by Gasteiger charge is 2.18. The standard InChI is InChI=1S/C12H12N2O3/c1-17-9-5-4-7(10(13)12(15)16)8-3-2-6-14-11(8)9/h2-6,10H,13H2,1H3,(H,15,16)/t10-/m0/s1. The molecule has 0 fully saturated rings. The van der Waals surface area contributed by atoms with Crippen LogP contribution in [0, 0.1) is 0 Å². The average molecular weight is 232 g/mol. The molecule has 0 aliphatic carbocycles. The summed E-state index contributed by atoms with van der Waals surface area (Å²) in [6.07, 6.45) is 1.63. The van der Waals surface area contributed by atoms with Crippen LogP contribution in [0.2, 0.25) is 0 Å². The molecule has 1 atom stereocenters. The van der Waals surface area contributed by atoms with Crippen LogP contribution in [0.5, 0.6) is 5.75 Å². The second kappa shape index (κ2) is 4.39. The van der Waals surface area contributed by atoms with Gasteiger partial charge >= 0.3 is 5.97 Å². The molecule has 0 unspecified atom stereocenters. The Hall–Kier alpha value is -2.14. The number of nitrogens with two attached hydrogens (primary N) is 1. The molecular weight excluding hydrogens is 220 g/mol. The van der Waals surface area contributed by atoms with E-state index in [-0.39, 0.29) is 0 Å². The van der Waals surface area contributed by atoms with Crippen molar-refractivity contribution in [3.8, 4) is 5.75 Å². The summed E-state index contributed by atoms with van der Waals surface area (Å²) in [4.78, 5) is 15.1. The lowest BCUT2D eigenvalue weighted by Gasteiger charge is -2.12. The van der Waals surface area contributed by atoms with Gasteiger partial charge in [0.15, 0.2) is 0 Å². The molecule has 1 aromatic carbocycles. The van der Waals surface area contributed by atoms with Gasteiger partial charge in [-0.2, -0.15) is 0 Å². The molecule has 0 aliphatic rings. The number of ether oxygens (including phenoxy) is 1. The minimum atomic E-state index is -1.07. The summed E-state index contributed by atoms with van der Waals surface area (Å²) in [7, 11) is 1.54. The molecule has 2 aromatic rings. The summed E-state index contributed by atoms with van der Waals surface area (Å²) >= 11 is 0. The number of aromatic nitrogens is 1. The Kier molecular flexibility index (Phi) is 2.93. The van der Waals surface area contributed by atoms with Crippen LogP contribution in [-0.2, 0) is 4.79 Å². The van der Waals surface area contributed by atoms with Gasteiger partial charge in [0.2, 0.25) is 0 Å². The first kappa shape index (κ1) is 11.3. The van der Waals surface area contributed by atoms with Crippen molar-refractivity contribution in [3.05, 3.63) is 36.0 Å². The van der Waals surface area contributed by atoms with Gasteiger partial charge in [-0.3, -0.25) is 9.78 Å². The molecule has 88 valence electrons. The van der Waals surface area contributed by atoms with Crippen molar-refractivity contribution in [2.24, 2.45) is 5.73 Å². The molecule has 5 nitrogen and oxygen atoms in total. The Morgan fingerprint density at radius 1 is 1.47 bits per heavy atom. The van der Waals surface area contributed by atoms with Crippen molar-refractivity contribution >= 4 is 16.9 Å². The van der Waals surface area contributed by atoms with E-state index in [4.69, 9.17) is 15.6 Å². The van der Waals surface area contributed by atoms with Crippen LogP contribution in [0.15, 0.2) is 30.5 Å². The van der Waals surface area contributed by atoms with Crippen molar-refractivity contribution in [2.75, 3.05) is 7.11 Å². The zero-order valence-electron chi connectivity index (χ0n) is 9.25. The number of nitrogens with zero attached hydrogens (tertiary/aromatic N) is 1. The molecule has 5 heteroatoms. The molecule has 0 aliphatic heterocycles. The predicted octanol–water partition coefficient (Wildman–Crippen LogP) is 1.33. The molecule has 0 saturated heterocycles. The normalized spacial score (nSPS) is 12.4. The third-order valence-electron chi connectivity index (χ3n) is 2.59. The first-order chi connectivity index (χ1) is 8.15. The lowest BCUT2D eigenvalue weighted by Crippen LogP contribution is -2.20. The van der Waals surface area contributed by atoms with Crippen LogP contribution in [0.4, 0.5) is 0 Å². The van der Waals surface area contributed by atoms with Crippen LogP contribution in [0.25, 0.3) is 10.9 Å². The fourth-order valence-corrected chi connectivity index (χ4v) is 1.74. The van der Waals surface area contributed by atoms with Gasteiger partial charge in [-0.05, 0) is 17.7 Å². The summed E-state index contributed by atoms with van der Waals surface area (Å²) in [6.45, 7) is 0. The van der Waals surface area contributed by atoms with Crippen LogP contribution in [-0.4, -0.2) is 23.2 Å². The minimum absolute atomic E-state index is 0.529. The summed E-state index contributed by atoms with van der Waals surface area (Å²) in [5, 5.41) is 9.64. The van der Waals surface area contributed by atoms with E-state index in [9.17, 15) is 4.79 Å². The maximum absolute atomic E-state index is 10.9. The number of carboxylic acid groups (broad SMARTS) is 1. The Bertz CT molecular complexity index is 569. The van der Waals surface area contributed by atoms with Crippen molar-refractivity contribution in [3.63, 3.8) is 0 Å². The number of carbonyl (C=O) groups is 1. The monoisotopic (exact) mass is 232 g/mol. The van der Waals surface area contributed by atoms with Gasteiger partial charge in [-0.25, -0.2) is 0 Å². The van der Waals surface area contributed by atoms with E-state index in [1.165, 1.54) is 0 Å². The van der Waals surface area contributed by atoms with Crippen LogP contribution in [0.1, 0.15) is 11.6 Å². The van der Waals surface area contributed by atoms with Crippen LogP contribution in [0.3, 0.4) is 0 Å². The van der Waals surface area contributed by atoms with Gasteiger partial charge in [0, 0.05) is 11.6 Å². The fraction of sp³-hybridized carbons (Fsp3) is 0.167. The Balaban J connectivity index is 2.70. The first-order valence-electron chi connectivity index (χ1n) is 5.05. The predicted molar refractivity (Wildman–Crippen MR) is 62.9 cm³/mol. The zero-order valence-corrected chi connectivity index (χ0v) is 9.25. The SMILES string of the molecule is COc1ccc([C@H](N)C(=O)O)c2cccnc12. The number of pyridine rings is 1. The van der Waals surface area contributed by atoms with Gasteiger partial charge in [0.25, 0.3) is 0 Å². The molecule has 1 heterocycles. The Morgan fingerprint density at radius 2 is 2.24 bits per heavy atom. The molecule has 0 bridgehead atoms. The Morgan fingerprint density at radius 3 is 2.88 bits per heavy atom. The molecule has 3 N–H and O–H groups in total. The molecule has 1 aromatic heterocycles. The third kappa shape index (κ3) is 1.92. The highest BCUT2D eigenvalue weighted by atomic mass is 16.5. The number of carboxylic acids is 1. The average Bonchev–Trinajstić information content (AvgIpc) is 2.36. The van der Waals surface area contributed by atoms with Gasteiger partial charge in [0.05, 0.1) is 7.11 Å². The molecular formula is C12H12N2O3. The number of methoxy groups -OCH3 is 1. The van der Waals surface area contributed by atoms with E-state index in [2.05, 4.69) is 4.98 Å². The van der Waals surface area contributed by atoms with Gasteiger partial charge in [0.1, 0.15) is 17.3 Å². The van der Waals surface area contributed by atoms with Crippen molar-refractivity contribution in [1.82, 2.24) is 4.98 Å². The molecule has 0 radical (unpaired) electrons. The molecule has 0 spiro atoms. The van der Waals surface area contributed by atoms with E-state index < -0.39 is 12.0 Å². The van der Waals surface area contributed by atoms with Crippen molar-refractivity contribution < 1.29 is 14.6 Å². The second-order valence-corrected chi connectivity index (χ2v) is 3.57. The van der Waals surface area contributed by atoms with Gasteiger partial charge in [-0.1, -0.05) is 12.1 Å². The summed E-state index contributed by atoms with van der Waals surface area (Å²) < 4.78 is 5.17. The van der Waals surface area contributed by atoms with Crippen molar-refractivity contribution in [2.45, 2.75) is 6.04 Å². The molecule has 2 rings (SSSR count). The van der Waals surface area contributed by atoms with E-state index in [1.807, 2.05) is 0 Å². The van der Waals surface area contributed by atoms with Crippen molar-refractivity contribution in [1.29, 1.82) is 0 Å². The Labute approximate surface area is 97.8 Å². The number of aliphatic carboxylic acids is 1. The van der Waals surface area contributed by atoms with Gasteiger partial charge in [-0.15, -0.1) is 0 Å². The number of hydrogen-bond donors (Lipinski definition) is 2. The quantitative estimate of drug-likeness (QED) is 0.833. The highest BCUT2D eigenvalue weighted by molar-refractivity contribution is 5.91. The molecule has 0 amide bonds. The number of benzene rings is 1. The zero-order chi connectivity index (χ0) is 12.4. The summed E-state index contributed by atoms with van der Waals surface area (Å²) in [6, 6.07) is 5.78. The largest absolute Gasteiger partial charge is 0.494 e. The fourth-order valence-electron chi connectivity index (χ4n) is 1.74. The smallest absolute Gasteiger partial charge is 0.325 e. The van der Waals surface area contributed by atoms with E-state index in [0.29, 0.717) is 22.2 Å².